The lowest BCUT2D eigenvalue weighted by atomic mass is 10.3. The van der Waals surface area contributed by atoms with Crippen molar-refractivity contribution in [2.75, 3.05) is 4.72 Å². The van der Waals surface area contributed by atoms with Crippen molar-refractivity contribution in [3.63, 3.8) is 0 Å². The van der Waals surface area contributed by atoms with Gasteiger partial charge in [0.1, 0.15) is 4.21 Å². The standard InChI is InChI=1S/C15H17NO4S3/c17-22(18,13-6-1-2-7-13)14-8-3-5-12(11-14)16-23(19,20)15-9-4-10-21-15/h3-5,8-11,13,16H,1-2,6-7H2. The van der Waals surface area contributed by atoms with Crippen LogP contribution in [0.3, 0.4) is 0 Å². The summed E-state index contributed by atoms with van der Waals surface area (Å²) in [6, 6.07) is 9.20. The third kappa shape index (κ3) is 3.44. The van der Waals surface area contributed by atoms with E-state index in [1.165, 1.54) is 18.2 Å². The van der Waals surface area contributed by atoms with Crippen molar-refractivity contribution in [2.24, 2.45) is 0 Å². The fourth-order valence-electron chi connectivity index (χ4n) is 2.75. The van der Waals surface area contributed by atoms with Crippen LogP contribution in [0.4, 0.5) is 5.69 Å². The van der Waals surface area contributed by atoms with Gasteiger partial charge in [-0.2, -0.15) is 0 Å². The Morgan fingerprint density at radius 2 is 1.74 bits per heavy atom. The molecule has 1 N–H and O–H groups in total. The van der Waals surface area contributed by atoms with Crippen molar-refractivity contribution in [3.05, 3.63) is 41.8 Å². The van der Waals surface area contributed by atoms with Crippen molar-refractivity contribution in [1.29, 1.82) is 0 Å². The minimum absolute atomic E-state index is 0.177. The maximum absolute atomic E-state index is 12.6. The third-order valence-corrected chi connectivity index (χ3v) is 8.95. The maximum atomic E-state index is 12.6. The summed E-state index contributed by atoms with van der Waals surface area (Å²) < 4.78 is 52.3. The van der Waals surface area contributed by atoms with E-state index >= 15 is 0 Å². The summed E-state index contributed by atoms with van der Waals surface area (Å²) in [6.45, 7) is 0. The lowest BCUT2D eigenvalue weighted by Crippen LogP contribution is -2.18. The number of thiophene rings is 1. The maximum Gasteiger partial charge on any atom is 0.271 e. The Labute approximate surface area is 140 Å². The Morgan fingerprint density at radius 1 is 1.00 bits per heavy atom. The predicted octanol–water partition coefficient (Wildman–Crippen LogP) is 3.27. The van der Waals surface area contributed by atoms with E-state index in [1.807, 2.05) is 0 Å². The molecule has 0 atom stereocenters. The first-order chi connectivity index (χ1) is 10.9. The molecular formula is C15H17NO4S3. The highest BCUT2D eigenvalue weighted by molar-refractivity contribution is 7.94. The molecule has 23 heavy (non-hydrogen) atoms. The lowest BCUT2D eigenvalue weighted by molar-refractivity contribution is 0.579. The van der Waals surface area contributed by atoms with Crippen LogP contribution in [0.1, 0.15) is 25.7 Å². The van der Waals surface area contributed by atoms with Gasteiger partial charge >= 0.3 is 0 Å². The molecule has 0 amide bonds. The van der Waals surface area contributed by atoms with Crippen molar-refractivity contribution in [2.45, 2.75) is 40.0 Å². The summed E-state index contributed by atoms with van der Waals surface area (Å²) in [5.74, 6) is 0. The van der Waals surface area contributed by atoms with Gasteiger partial charge in [-0.15, -0.1) is 11.3 Å². The Balaban J connectivity index is 1.89. The molecule has 124 valence electrons. The average molecular weight is 372 g/mol. The minimum Gasteiger partial charge on any atom is -0.279 e. The van der Waals surface area contributed by atoms with Crippen molar-refractivity contribution < 1.29 is 16.8 Å². The minimum atomic E-state index is -3.68. The van der Waals surface area contributed by atoms with Gasteiger partial charge in [-0.05, 0) is 42.5 Å². The number of nitrogens with one attached hydrogen (secondary N) is 1. The summed E-state index contributed by atoms with van der Waals surface area (Å²) in [5.41, 5.74) is 0.262. The number of rotatable bonds is 5. The zero-order chi connectivity index (χ0) is 16.5. The summed E-state index contributed by atoms with van der Waals surface area (Å²) >= 11 is 1.11. The van der Waals surface area contributed by atoms with Crippen LogP contribution >= 0.6 is 11.3 Å². The highest BCUT2D eigenvalue weighted by atomic mass is 32.2. The number of benzene rings is 1. The van der Waals surface area contributed by atoms with Gasteiger partial charge in [0.2, 0.25) is 0 Å². The molecule has 1 aliphatic carbocycles. The lowest BCUT2D eigenvalue weighted by Gasteiger charge is -2.13. The van der Waals surface area contributed by atoms with E-state index in [-0.39, 0.29) is 20.0 Å². The molecule has 1 aliphatic rings. The van der Waals surface area contributed by atoms with Gasteiger partial charge < -0.3 is 0 Å². The number of sulfone groups is 1. The summed E-state index contributed by atoms with van der Waals surface area (Å²) in [5, 5.41) is 1.32. The molecule has 1 heterocycles. The fraction of sp³-hybridized carbons (Fsp3) is 0.333. The second-order valence-corrected chi connectivity index (χ2v) is 10.6. The summed E-state index contributed by atoms with van der Waals surface area (Å²) in [4.78, 5) is 0.177. The molecule has 2 aromatic rings. The van der Waals surface area contributed by atoms with Gasteiger partial charge in [0, 0.05) is 0 Å². The van der Waals surface area contributed by atoms with Crippen molar-refractivity contribution >= 4 is 36.9 Å². The Hall–Kier alpha value is -1.38. The highest BCUT2D eigenvalue weighted by Crippen LogP contribution is 2.31. The molecule has 3 rings (SSSR count). The number of anilines is 1. The van der Waals surface area contributed by atoms with E-state index in [2.05, 4.69) is 4.72 Å². The predicted molar refractivity (Wildman–Crippen MR) is 91.0 cm³/mol. The molecule has 8 heteroatoms. The van der Waals surface area contributed by atoms with E-state index in [4.69, 9.17) is 0 Å². The van der Waals surface area contributed by atoms with Crippen LogP contribution in [-0.4, -0.2) is 22.1 Å². The third-order valence-electron chi connectivity index (χ3n) is 3.92. The monoisotopic (exact) mass is 371 g/mol. The Morgan fingerprint density at radius 3 is 2.39 bits per heavy atom. The second kappa shape index (κ2) is 6.26. The first kappa shape index (κ1) is 16.5. The molecule has 0 bridgehead atoms. The molecule has 5 nitrogen and oxygen atoms in total. The molecule has 1 aromatic heterocycles. The van der Waals surface area contributed by atoms with Crippen molar-refractivity contribution in [3.8, 4) is 0 Å². The molecule has 0 unspecified atom stereocenters. The van der Waals surface area contributed by atoms with Gasteiger partial charge in [-0.25, -0.2) is 16.8 Å². The number of hydrogen-bond donors (Lipinski definition) is 1. The van der Waals surface area contributed by atoms with Crippen LogP contribution in [0.5, 0.6) is 0 Å². The number of sulfonamides is 1. The largest absolute Gasteiger partial charge is 0.279 e. The zero-order valence-corrected chi connectivity index (χ0v) is 14.8. The van der Waals surface area contributed by atoms with Gasteiger partial charge in [0.05, 0.1) is 15.8 Å². The molecule has 0 aliphatic heterocycles. The number of hydrogen-bond acceptors (Lipinski definition) is 5. The van der Waals surface area contributed by atoms with Crippen LogP contribution in [-0.2, 0) is 19.9 Å². The van der Waals surface area contributed by atoms with E-state index in [0.717, 1.165) is 24.2 Å². The van der Waals surface area contributed by atoms with Crippen LogP contribution in [0.25, 0.3) is 0 Å². The van der Waals surface area contributed by atoms with Gasteiger partial charge in [0.25, 0.3) is 10.0 Å². The zero-order valence-electron chi connectivity index (χ0n) is 12.3. The summed E-state index contributed by atoms with van der Waals surface area (Å²) in [6.07, 6.45) is 3.20. The highest BCUT2D eigenvalue weighted by Gasteiger charge is 2.30. The normalized spacial score (nSPS) is 16.5. The Bertz CT molecular complexity index is 881. The molecule has 1 aromatic carbocycles. The smallest absolute Gasteiger partial charge is 0.271 e. The van der Waals surface area contributed by atoms with Gasteiger partial charge in [0.15, 0.2) is 9.84 Å². The average Bonchev–Trinajstić information content (AvgIpc) is 3.21. The first-order valence-electron chi connectivity index (χ1n) is 7.30. The molecular weight excluding hydrogens is 354 g/mol. The van der Waals surface area contributed by atoms with Gasteiger partial charge in [-0.1, -0.05) is 25.0 Å². The van der Waals surface area contributed by atoms with E-state index in [0.29, 0.717) is 12.8 Å². The van der Waals surface area contributed by atoms with E-state index in [1.54, 1.807) is 23.6 Å². The van der Waals surface area contributed by atoms with Crippen LogP contribution in [0.15, 0.2) is 50.9 Å². The second-order valence-electron chi connectivity index (χ2n) is 5.52. The molecule has 1 fully saturated rings. The molecule has 0 saturated heterocycles. The van der Waals surface area contributed by atoms with Crippen LogP contribution in [0, 0.1) is 0 Å². The van der Waals surface area contributed by atoms with E-state index < -0.39 is 19.9 Å². The van der Waals surface area contributed by atoms with Crippen LogP contribution in [0.2, 0.25) is 0 Å². The Kier molecular flexibility index (Phi) is 4.48. The topological polar surface area (TPSA) is 80.3 Å². The van der Waals surface area contributed by atoms with E-state index in [9.17, 15) is 16.8 Å². The molecule has 0 radical (unpaired) electrons. The SMILES string of the molecule is O=S(=O)(Nc1cccc(S(=O)(=O)C2CCCC2)c1)c1cccs1. The molecule has 0 spiro atoms. The summed E-state index contributed by atoms with van der Waals surface area (Å²) in [7, 11) is -7.08. The first-order valence-corrected chi connectivity index (χ1v) is 11.2. The molecule has 1 saturated carbocycles. The van der Waals surface area contributed by atoms with Gasteiger partial charge in [-0.3, -0.25) is 4.72 Å². The quantitative estimate of drug-likeness (QED) is 0.875. The van der Waals surface area contributed by atoms with Crippen molar-refractivity contribution in [1.82, 2.24) is 0 Å². The van der Waals surface area contributed by atoms with Crippen LogP contribution < -0.4 is 4.72 Å². The fourth-order valence-corrected chi connectivity index (χ4v) is 6.69.